The van der Waals surface area contributed by atoms with Crippen LogP contribution in [0.3, 0.4) is 0 Å². The molecule has 5 nitrogen and oxygen atoms in total. The minimum atomic E-state index is -0.725. The van der Waals surface area contributed by atoms with Gasteiger partial charge in [-0.3, -0.25) is 9.59 Å². The average molecular weight is 360 g/mol. The van der Waals surface area contributed by atoms with Crippen LogP contribution in [0.5, 0.6) is 0 Å². The van der Waals surface area contributed by atoms with Crippen molar-refractivity contribution in [3.63, 3.8) is 0 Å². The molecule has 0 atom stereocenters. The number of nitrogens with one attached hydrogen (secondary N) is 1. The van der Waals surface area contributed by atoms with Gasteiger partial charge < -0.3 is 10.1 Å². The van der Waals surface area contributed by atoms with E-state index in [1.165, 1.54) is 6.07 Å². The SMILES string of the molecule is CC(C)NC(=O)COC(=O)c1ccccc1C(=O)c1ccc(Cl)cc1. The van der Waals surface area contributed by atoms with Gasteiger partial charge in [0.05, 0.1) is 5.56 Å². The van der Waals surface area contributed by atoms with Crippen LogP contribution in [0.1, 0.15) is 40.1 Å². The molecule has 0 spiro atoms. The summed E-state index contributed by atoms with van der Waals surface area (Å²) in [6, 6.07) is 12.6. The van der Waals surface area contributed by atoms with Crippen molar-refractivity contribution in [2.24, 2.45) is 0 Å². The zero-order chi connectivity index (χ0) is 18.4. The molecule has 2 aromatic carbocycles. The maximum atomic E-state index is 12.6. The van der Waals surface area contributed by atoms with Crippen LogP contribution in [-0.4, -0.2) is 30.3 Å². The first-order valence-electron chi connectivity index (χ1n) is 7.74. The molecule has 6 heteroatoms. The third-order valence-corrected chi connectivity index (χ3v) is 3.53. The number of ether oxygens (including phenoxy) is 1. The summed E-state index contributed by atoms with van der Waals surface area (Å²) in [6.07, 6.45) is 0. The first kappa shape index (κ1) is 18.7. The van der Waals surface area contributed by atoms with Gasteiger partial charge in [0.15, 0.2) is 12.4 Å². The van der Waals surface area contributed by atoms with Crippen LogP contribution in [0.15, 0.2) is 48.5 Å². The van der Waals surface area contributed by atoms with Crippen molar-refractivity contribution >= 4 is 29.3 Å². The van der Waals surface area contributed by atoms with E-state index >= 15 is 0 Å². The van der Waals surface area contributed by atoms with Crippen LogP contribution >= 0.6 is 11.6 Å². The Kier molecular flexibility index (Phi) is 6.31. The van der Waals surface area contributed by atoms with Crippen molar-refractivity contribution in [2.75, 3.05) is 6.61 Å². The number of rotatable bonds is 6. The summed E-state index contributed by atoms with van der Waals surface area (Å²) in [7, 11) is 0. The Morgan fingerprint density at radius 1 is 1.00 bits per heavy atom. The van der Waals surface area contributed by atoms with E-state index in [0.717, 1.165) is 0 Å². The second kappa shape index (κ2) is 8.44. The van der Waals surface area contributed by atoms with Gasteiger partial charge in [0, 0.05) is 22.2 Å². The van der Waals surface area contributed by atoms with Crippen LogP contribution in [0.4, 0.5) is 0 Å². The normalized spacial score (nSPS) is 10.4. The Bertz CT molecular complexity index is 784. The standard InChI is InChI=1S/C19H18ClNO4/c1-12(2)21-17(22)11-25-19(24)16-6-4-3-5-15(16)18(23)13-7-9-14(20)10-8-13/h3-10,12H,11H2,1-2H3,(H,21,22). The lowest BCUT2D eigenvalue weighted by Crippen LogP contribution is -2.34. The van der Waals surface area contributed by atoms with Crippen LogP contribution in [0, 0.1) is 0 Å². The van der Waals surface area contributed by atoms with Crippen LogP contribution in [0.25, 0.3) is 0 Å². The molecule has 0 aliphatic carbocycles. The van der Waals surface area contributed by atoms with E-state index in [9.17, 15) is 14.4 Å². The quantitative estimate of drug-likeness (QED) is 0.634. The number of benzene rings is 2. The minimum Gasteiger partial charge on any atom is -0.452 e. The maximum Gasteiger partial charge on any atom is 0.339 e. The largest absolute Gasteiger partial charge is 0.452 e. The Morgan fingerprint density at radius 3 is 2.20 bits per heavy atom. The Labute approximate surface area is 150 Å². The van der Waals surface area contributed by atoms with Crippen molar-refractivity contribution in [3.05, 3.63) is 70.2 Å². The second-order valence-corrected chi connectivity index (χ2v) is 6.12. The third-order valence-electron chi connectivity index (χ3n) is 3.28. The fraction of sp³-hybridized carbons (Fsp3) is 0.211. The van der Waals surface area contributed by atoms with E-state index in [1.54, 1.807) is 56.3 Å². The summed E-state index contributed by atoms with van der Waals surface area (Å²) >= 11 is 5.83. The van der Waals surface area contributed by atoms with E-state index in [-0.39, 0.29) is 23.0 Å². The molecule has 2 aromatic rings. The van der Waals surface area contributed by atoms with Crippen molar-refractivity contribution < 1.29 is 19.1 Å². The van der Waals surface area contributed by atoms with Crippen LogP contribution < -0.4 is 5.32 Å². The van der Waals surface area contributed by atoms with Crippen molar-refractivity contribution in [1.29, 1.82) is 0 Å². The van der Waals surface area contributed by atoms with Gasteiger partial charge in [0.25, 0.3) is 5.91 Å². The number of halogens is 1. The van der Waals surface area contributed by atoms with Gasteiger partial charge in [0.2, 0.25) is 0 Å². The van der Waals surface area contributed by atoms with Crippen molar-refractivity contribution in [3.8, 4) is 0 Å². The first-order valence-corrected chi connectivity index (χ1v) is 8.12. The maximum absolute atomic E-state index is 12.6. The summed E-state index contributed by atoms with van der Waals surface area (Å²) in [4.78, 5) is 36.5. The Balaban J connectivity index is 2.17. The van der Waals surface area contributed by atoms with Gasteiger partial charge >= 0.3 is 5.97 Å². The Morgan fingerprint density at radius 2 is 1.60 bits per heavy atom. The molecule has 0 radical (unpaired) electrons. The molecule has 0 fully saturated rings. The van der Waals surface area contributed by atoms with E-state index in [0.29, 0.717) is 10.6 Å². The number of ketones is 1. The molecule has 0 aliphatic rings. The summed E-state index contributed by atoms with van der Waals surface area (Å²) in [5.74, 6) is -1.45. The van der Waals surface area contributed by atoms with Crippen LogP contribution in [-0.2, 0) is 9.53 Å². The molecular formula is C19H18ClNO4. The summed E-state index contributed by atoms with van der Waals surface area (Å²) in [5, 5.41) is 3.14. The number of carbonyl (C=O) groups excluding carboxylic acids is 3. The van der Waals surface area contributed by atoms with Crippen molar-refractivity contribution in [2.45, 2.75) is 19.9 Å². The van der Waals surface area contributed by atoms with E-state index in [4.69, 9.17) is 16.3 Å². The van der Waals surface area contributed by atoms with Crippen molar-refractivity contribution in [1.82, 2.24) is 5.32 Å². The number of hydrogen-bond acceptors (Lipinski definition) is 4. The lowest BCUT2D eigenvalue weighted by atomic mass is 9.98. The number of carbonyl (C=O) groups is 3. The van der Waals surface area contributed by atoms with Crippen LogP contribution in [0.2, 0.25) is 5.02 Å². The lowest BCUT2D eigenvalue weighted by Gasteiger charge is -2.11. The van der Waals surface area contributed by atoms with Gasteiger partial charge in [-0.2, -0.15) is 0 Å². The molecule has 0 saturated heterocycles. The molecule has 130 valence electrons. The zero-order valence-corrected chi connectivity index (χ0v) is 14.7. The lowest BCUT2D eigenvalue weighted by molar-refractivity contribution is -0.124. The topological polar surface area (TPSA) is 72.5 Å². The molecule has 0 heterocycles. The fourth-order valence-corrected chi connectivity index (χ4v) is 2.31. The molecule has 0 unspecified atom stereocenters. The zero-order valence-electron chi connectivity index (χ0n) is 13.9. The average Bonchev–Trinajstić information content (AvgIpc) is 2.59. The summed E-state index contributed by atoms with van der Waals surface area (Å²) < 4.78 is 5.01. The summed E-state index contributed by atoms with van der Waals surface area (Å²) in [6.45, 7) is 3.21. The smallest absolute Gasteiger partial charge is 0.339 e. The van der Waals surface area contributed by atoms with E-state index in [2.05, 4.69) is 5.32 Å². The second-order valence-electron chi connectivity index (χ2n) is 5.68. The molecule has 1 N–H and O–H groups in total. The third kappa shape index (κ3) is 5.16. The molecular weight excluding hydrogens is 342 g/mol. The van der Waals surface area contributed by atoms with Gasteiger partial charge in [-0.05, 0) is 44.2 Å². The molecule has 2 rings (SSSR count). The summed E-state index contributed by atoms with van der Waals surface area (Å²) in [5.41, 5.74) is 0.723. The molecule has 0 aromatic heterocycles. The fourth-order valence-electron chi connectivity index (χ4n) is 2.19. The van der Waals surface area contributed by atoms with Gasteiger partial charge in [-0.1, -0.05) is 29.8 Å². The highest BCUT2D eigenvalue weighted by molar-refractivity contribution is 6.30. The first-order chi connectivity index (χ1) is 11.9. The van der Waals surface area contributed by atoms with Gasteiger partial charge in [-0.15, -0.1) is 0 Å². The molecule has 0 aliphatic heterocycles. The number of hydrogen-bond donors (Lipinski definition) is 1. The minimum absolute atomic E-state index is 0.0510. The highest BCUT2D eigenvalue weighted by atomic mass is 35.5. The van der Waals surface area contributed by atoms with E-state index in [1.807, 2.05) is 0 Å². The molecule has 0 saturated carbocycles. The van der Waals surface area contributed by atoms with Gasteiger partial charge in [-0.25, -0.2) is 4.79 Å². The predicted molar refractivity (Wildman–Crippen MR) is 94.9 cm³/mol. The Hall–Kier alpha value is -2.66. The molecule has 25 heavy (non-hydrogen) atoms. The van der Waals surface area contributed by atoms with Gasteiger partial charge in [0.1, 0.15) is 0 Å². The highest BCUT2D eigenvalue weighted by Gasteiger charge is 2.20. The highest BCUT2D eigenvalue weighted by Crippen LogP contribution is 2.17. The predicted octanol–water partition coefficient (Wildman–Crippen LogP) is 3.25. The molecule has 1 amide bonds. The number of esters is 1. The monoisotopic (exact) mass is 359 g/mol. The van der Waals surface area contributed by atoms with E-state index < -0.39 is 18.5 Å². The number of amides is 1. The molecule has 0 bridgehead atoms.